The molecule has 5 rings (SSSR count). The SMILES string of the molecule is BrC(c1ccccc1)[C@@]12C=CC=C1[C@@H]1CCC3CCCC[C@@H]3[C@H]1CC2. The molecule has 0 nitrogen and oxygen atoms in total. The van der Waals surface area contributed by atoms with Crippen molar-refractivity contribution in [2.75, 3.05) is 0 Å². The molecule has 0 aromatic heterocycles. The van der Waals surface area contributed by atoms with E-state index in [9.17, 15) is 0 Å². The van der Waals surface area contributed by atoms with Crippen molar-refractivity contribution in [2.45, 2.75) is 56.2 Å². The number of benzene rings is 1. The number of hydrogen-bond donors (Lipinski definition) is 0. The fourth-order valence-corrected chi connectivity index (χ4v) is 7.77. The standard InChI is InChI=1S/C24H29Br/c25-23(18-8-2-1-3-9-18)24-15-6-11-22(24)21-13-12-17-7-4-5-10-19(17)20(21)14-16-24/h1-3,6,8-9,11,15,17,19-21,23H,4-5,7,10,12-14,16H2/t17?,19-,20+,21+,23?,24+/m0/s1. The van der Waals surface area contributed by atoms with Gasteiger partial charge in [0, 0.05) is 5.41 Å². The second-order valence-corrected chi connectivity index (χ2v) is 9.81. The number of fused-ring (bicyclic) bond motifs is 5. The third-order valence-corrected chi connectivity index (χ3v) is 9.27. The Morgan fingerprint density at radius 2 is 1.76 bits per heavy atom. The average Bonchev–Trinajstić information content (AvgIpc) is 3.13. The number of rotatable bonds is 2. The summed E-state index contributed by atoms with van der Waals surface area (Å²) in [6.45, 7) is 0. The van der Waals surface area contributed by atoms with E-state index in [1.165, 1.54) is 56.9 Å². The molecule has 0 radical (unpaired) electrons. The van der Waals surface area contributed by atoms with E-state index in [2.05, 4.69) is 64.5 Å². The normalized spacial score (nSPS) is 40.6. The highest BCUT2D eigenvalue weighted by Gasteiger charge is 2.52. The van der Waals surface area contributed by atoms with Gasteiger partial charge >= 0.3 is 0 Å². The number of allylic oxidation sites excluding steroid dienone is 4. The molecular formula is C24H29Br. The quantitative estimate of drug-likeness (QED) is 0.462. The summed E-state index contributed by atoms with van der Waals surface area (Å²) in [5, 5.41) is 0. The zero-order chi connectivity index (χ0) is 16.9. The summed E-state index contributed by atoms with van der Waals surface area (Å²) in [6.07, 6.45) is 19.1. The number of hydrogen-bond acceptors (Lipinski definition) is 0. The van der Waals surface area contributed by atoms with Crippen LogP contribution in [0, 0.1) is 29.1 Å². The van der Waals surface area contributed by atoms with E-state index in [4.69, 9.17) is 0 Å². The molecule has 0 N–H and O–H groups in total. The Balaban J connectivity index is 1.47. The number of halogens is 1. The van der Waals surface area contributed by atoms with E-state index in [0.717, 1.165) is 23.7 Å². The molecule has 4 aliphatic rings. The predicted octanol–water partition coefficient (Wildman–Crippen LogP) is 7.23. The molecule has 0 saturated heterocycles. The molecule has 0 amide bonds. The Labute approximate surface area is 160 Å². The highest BCUT2D eigenvalue weighted by atomic mass is 79.9. The molecule has 4 aliphatic carbocycles. The molecule has 1 heteroatoms. The molecule has 25 heavy (non-hydrogen) atoms. The first-order valence-corrected chi connectivity index (χ1v) is 11.3. The van der Waals surface area contributed by atoms with Crippen LogP contribution in [0.1, 0.15) is 61.8 Å². The van der Waals surface area contributed by atoms with E-state index in [1.54, 1.807) is 5.57 Å². The van der Waals surface area contributed by atoms with Gasteiger partial charge in [0.1, 0.15) is 0 Å². The summed E-state index contributed by atoms with van der Waals surface area (Å²) in [5.41, 5.74) is 3.42. The zero-order valence-corrected chi connectivity index (χ0v) is 16.6. The van der Waals surface area contributed by atoms with Crippen molar-refractivity contribution in [2.24, 2.45) is 29.1 Å². The highest BCUT2D eigenvalue weighted by molar-refractivity contribution is 9.09. The van der Waals surface area contributed by atoms with Crippen molar-refractivity contribution in [3.8, 4) is 0 Å². The minimum Gasteiger partial charge on any atom is -0.0826 e. The Morgan fingerprint density at radius 1 is 0.920 bits per heavy atom. The third-order valence-electron chi connectivity index (χ3n) is 7.93. The van der Waals surface area contributed by atoms with Crippen LogP contribution in [-0.4, -0.2) is 0 Å². The molecule has 3 fully saturated rings. The van der Waals surface area contributed by atoms with Crippen molar-refractivity contribution in [1.29, 1.82) is 0 Å². The molecule has 0 spiro atoms. The monoisotopic (exact) mass is 396 g/mol. The van der Waals surface area contributed by atoms with Gasteiger partial charge in [0.05, 0.1) is 4.83 Å². The maximum atomic E-state index is 4.14. The Kier molecular flexibility index (Phi) is 4.19. The second-order valence-electron chi connectivity index (χ2n) is 8.89. The lowest BCUT2D eigenvalue weighted by Gasteiger charge is -2.54. The van der Waals surface area contributed by atoms with Gasteiger partial charge < -0.3 is 0 Å². The summed E-state index contributed by atoms with van der Waals surface area (Å²) in [5.74, 6) is 3.88. The van der Waals surface area contributed by atoms with Gasteiger partial charge in [-0.15, -0.1) is 0 Å². The van der Waals surface area contributed by atoms with Crippen LogP contribution in [0.3, 0.4) is 0 Å². The van der Waals surface area contributed by atoms with Crippen molar-refractivity contribution in [3.63, 3.8) is 0 Å². The van der Waals surface area contributed by atoms with Crippen LogP contribution >= 0.6 is 15.9 Å². The van der Waals surface area contributed by atoms with Gasteiger partial charge in [-0.2, -0.15) is 0 Å². The van der Waals surface area contributed by atoms with Gasteiger partial charge in [0.2, 0.25) is 0 Å². The Hall–Kier alpha value is -0.820. The average molecular weight is 397 g/mol. The maximum absolute atomic E-state index is 4.14. The molecule has 0 bridgehead atoms. The summed E-state index contributed by atoms with van der Waals surface area (Å²) in [7, 11) is 0. The van der Waals surface area contributed by atoms with Gasteiger partial charge in [0.15, 0.2) is 0 Å². The Bertz CT molecular complexity index is 687. The summed E-state index contributed by atoms with van der Waals surface area (Å²) in [4.78, 5) is 0.413. The van der Waals surface area contributed by atoms with Crippen LogP contribution in [0.25, 0.3) is 0 Å². The smallest absolute Gasteiger partial charge is 0.0523 e. The molecule has 0 aliphatic heterocycles. The van der Waals surface area contributed by atoms with Crippen LogP contribution in [-0.2, 0) is 0 Å². The van der Waals surface area contributed by atoms with Gasteiger partial charge in [-0.3, -0.25) is 0 Å². The van der Waals surface area contributed by atoms with Crippen molar-refractivity contribution in [1.82, 2.24) is 0 Å². The minimum absolute atomic E-state index is 0.226. The lowest BCUT2D eigenvalue weighted by Crippen LogP contribution is -2.44. The van der Waals surface area contributed by atoms with Gasteiger partial charge in [0.25, 0.3) is 0 Å². The zero-order valence-electron chi connectivity index (χ0n) is 15.0. The molecule has 3 saturated carbocycles. The first-order chi connectivity index (χ1) is 12.3. The Morgan fingerprint density at radius 3 is 2.64 bits per heavy atom. The fraction of sp³-hybridized carbons (Fsp3) is 0.583. The van der Waals surface area contributed by atoms with Gasteiger partial charge in [-0.05, 0) is 61.3 Å². The van der Waals surface area contributed by atoms with Crippen LogP contribution < -0.4 is 0 Å². The third kappa shape index (κ3) is 2.52. The van der Waals surface area contributed by atoms with E-state index in [-0.39, 0.29) is 5.41 Å². The largest absolute Gasteiger partial charge is 0.0826 e. The van der Waals surface area contributed by atoms with Gasteiger partial charge in [-0.1, -0.05) is 89.3 Å². The molecular weight excluding hydrogens is 368 g/mol. The van der Waals surface area contributed by atoms with E-state index in [0.29, 0.717) is 4.83 Å². The van der Waals surface area contributed by atoms with Crippen LogP contribution in [0.5, 0.6) is 0 Å². The summed E-state index contributed by atoms with van der Waals surface area (Å²) < 4.78 is 0. The van der Waals surface area contributed by atoms with Crippen LogP contribution in [0.4, 0.5) is 0 Å². The van der Waals surface area contributed by atoms with Crippen molar-refractivity contribution < 1.29 is 0 Å². The molecule has 132 valence electrons. The minimum atomic E-state index is 0.226. The fourth-order valence-electron chi connectivity index (χ4n) is 6.82. The second kappa shape index (κ2) is 6.41. The first-order valence-electron chi connectivity index (χ1n) is 10.4. The van der Waals surface area contributed by atoms with E-state index < -0.39 is 0 Å². The molecule has 1 aromatic rings. The molecule has 1 aromatic carbocycles. The van der Waals surface area contributed by atoms with Crippen molar-refractivity contribution >= 4 is 15.9 Å². The molecule has 6 atom stereocenters. The molecule has 2 unspecified atom stereocenters. The lowest BCUT2D eigenvalue weighted by molar-refractivity contribution is 0.0316. The van der Waals surface area contributed by atoms with Crippen LogP contribution in [0.2, 0.25) is 0 Å². The molecule has 0 heterocycles. The lowest BCUT2D eigenvalue weighted by atomic mass is 9.51. The maximum Gasteiger partial charge on any atom is 0.0523 e. The first kappa shape index (κ1) is 16.4. The topological polar surface area (TPSA) is 0 Å². The van der Waals surface area contributed by atoms with Crippen LogP contribution in [0.15, 0.2) is 54.1 Å². The number of alkyl halides is 1. The highest BCUT2D eigenvalue weighted by Crippen LogP contribution is 2.64. The van der Waals surface area contributed by atoms with Crippen molar-refractivity contribution in [3.05, 3.63) is 59.7 Å². The van der Waals surface area contributed by atoms with Gasteiger partial charge in [-0.25, -0.2) is 0 Å². The van der Waals surface area contributed by atoms with E-state index >= 15 is 0 Å². The summed E-state index contributed by atoms with van der Waals surface area (Å²) >= 11 is 4.14. The predicted molar refractivity (Wildman–Crippen MR) is 109 cm³/mol. The van der Waals surface area contributed by atoms with E-state index in [1.807, 2.05) is 0 Å². The summed E-state index contributed by atoms with van der Waals surface area (Å²) in [6, 6.07) is 11.1.